The predicted octanol–water partition coefficient (Wildman–Crippen LogP) is 20.6. The third-order valence-corrected chi connectivity index (χ3v) is 13.6. The number of allylic oxidation sites excluding steroid dienone is 8. The van der Waals surface area contributed by atoms with Crippen LogP contribution in [0.3, 0.4) is 0 Å². The van der Waals surface area contributed by atoms with E-state index in [0.717, 1.165) is 77.0 Å². The van der Waals surface area contributed by atoms with Crippen molar-refractivity contribution in [3.63, 3.8) is 0 Å². The van der Waals surface area contributed by atoms with Gasteiger partial charge in [-0.05, 0) is 83.5 Å². The number of unbranched alkanes of at least 4 members (excludes halogenated alkanes) is 37. The highest BCUT2D eigenvalue weighted by Gasteiger charge is 2.19. The van der Waals surface area contributed by atoms with Gasteiger partial charge >= 0.3 is 17.9 Å². The zero-order chi connectivity index (χ0) is 50.7. The summed E-state index contributed by atoms with van der Waals surface area (Å²) in [7, 11) is 0. The Labute approximate surface area is 435 Å². The Hall–Kier alpha value is -2.63. The highest BCUT2D eigenvalue weighted by Crippen LogP contribution is 2.17. The highest BCUT2D eigenvalue weighted by molar-refractivity contribution is 5.71. The summed E-state index contributed by atoms with van der Waals surface area (Å²) in [5.74, 6) is -0.876. The molecule has 0 bridgehead atoms. The van der Waals surface area contributed by atoms with Gasteiger partial charge in [-0.1, -0.05) is 268 Å². The van der Waals surface area contributed by atoms with E-state index in [9.17, 15) is 14.4 Å². The molecular weight excluding hydrogens is 865 g/mol. The largest absolute Gasteiger partial charge is 0.462 e. The van der Waals surface area contributed by atoms with Gasteiger partial charge in [0.1, 0.15) is 13.2 Å². The van der Waals surface area contributed by atoms with E-state index in [4.69, 9.17) is 14.2 Å². The minimum absolute atomic E-state index is 0.0726. The Morgan fingerprint density at radius 3 is 0.843 bits per heavy atom. The van der Waals surface area contributed by atoms with Crippen molar-refractivity contribution in [1.29, 1.82) is 0 Å². The Bertz CT molecular complexity index is 1220. The van der Waals surface area contributed by atoms with Gasteiger partial charge in [-0.2, -0.15) is 0 Å². The molecule has 408 valence electrons. The molecule has 0 aliphatic heterocycles. The van der Waals surface area contributed by atoms with Crippen LogP contribution in [0.1, 0.15) is 323 Å². The normalized spacial score (nSPS) is 12.3. The maximum absolute atomic E-state index is 12.8. The molecule has 0 aliphatic rings. The van der Waals surface area contributed by atoms with Crippen LogP contribution in [-0.2, 0) is 28.6 Å². The first-order valence-electron chi connectivity index (χ1n) is 30.6. The fourth-order valence-corrected chi connectivity index (χ4v) is 8.92. The van der Waals surface area contributed by atoms with Gasteiger partial charge in [0.15, 0.2) is 6.10 Å². The summed E-state index contributed by atoms with van der Waals surface area (Å²) in [5, 5.41) is 0. The molecule has 0 aliphatic carbocycles. The standard InChI is InChI=1S/C64H116O6/c1-4-7-10-13-16-18-20-22-23-24-25-26-27-28-29-30-31-32-33-34-35-36-37-38-39-40-41-42-44-45-48-51-54-57-63(66)69-60-61(59-68-62(65)56-53-50-47-15-12-9-6-3)70-64(67)58-55-52-49-46-43-21-19-17-14-11-8-5-2/h17,19-20,22,24-25,27-28,61H,4-16,18,21,23,26,29-60H2,1-3H3/b19-17-,22-20-,25-24-,28-27-. The Balaban J connectivity index is 3.94. The fraction of sp³-hybridized carbons (Fsp3) is 0.828. The van der Waals surface area contributed by atoms with E-state index in [2.05, 4.69) is 69.4 Å². The monoisotopic (exact) mass is 981 g/mol. The molecule has 0 amide bonds. The van der Waals surface area contributed by atoms with E-state index in [0.29, 0.717) is 19.3 Å². The van der Waals surface area contributed by atoms with E-state index in [1.807, 2.05) is 0 Å². The number of carbonyl (C=O) groups excluding carboxylic acids is 3. The molecule has 0 aromatic rings. The summed E-state index contributed by atoms with van der Waals surface area (Å²) in [4.78, 5) is 37.9. The van der Waals surface area contributed by atoms with Crippen LogP contribution in [0.25, 0.3) is 0 Å². The second-order valence-electron chi connectivity index (χ2n) is 20.6. The lowest BCUT2D eigenvalue weighted by Gasteiger charge is -2.18. The number of hydrogen-bond donors (Lipinski definition) is 0. The zero-order valence-electron chi connectivity index (χ0n) is 46.8. The van der Waals surface area contributed by atoms with Crippen molar-refractivity contribution in [1.82, 2.24) is 0 Å². The summed E-state index contributed by atoms with van der Waals surface area (Å²) in [6, 6.07) is 0. The molecule has 0 saturated heterocycles. The molecule has 0 aromatic carbocycles. The van der Waals surface area contributed by atoms with Gasteiger partial charge in [-0.25, -0.2) is 0 Å². The summed E-state index contributed by atoms with van der Waals surface area (Å²) < 4.78 is 16.8. The first-order valence-corrected chi connectivity index (χ1v) is 30.6. The van der Waals surface area contributed by atoms with E-state index in [-0.39, 0.29) is 31.1 Å². The van der Waals surface area contributed by atoms with Crippen molar-refractivity contribution in [2.24, 2.45) is 0 Å². The van der Waals surface area contributed by atoms with Crippen LogP contribution in [0, 0.1) is 0 Å². The highest BCUT2D eigenvalue weighted by atomic mass is 16.6. The molecule has 0 saturated carbocycles. The quantitative estimate of drug-likeness (QED) is 0.0261. The average Bonchev–Trinajstić information content (AvgIpc) is 3.36. The van der Waals surface area contributed by atoms with E-state index < -0.39 is 6.10 Å². The molecule has 1 unspecified atom stereocenters. The van der Waals surface area contributed by atoms with Crippen molar-refractivity contribution in [2.45, 2.75) is 329 Å². The molecular formula is C64H116O6. The van der Waals surface area contributed by atoms with Crippen molar-refractivity contribution >= 4 is 17.9 Å². The zero-order valence-corrected chi connectivity index (χ0v) is 46.8. The SMILES string of the molecule is CCCCC/C=C\CCCCCCCC(=O)OC(COC(=O)CCCCCCCCC)COC(=O)CCCCCCCCCCCCCCCCCCCC/C=C\C/C=C\C/C=C\CCCCCCC. The van der Waals surface area contributed by atoms with Gasteiger partial charge in [0.25, 0.3) is 0 Å². The van der Waals surface area contributed by atoms with Gasteiger partial charge in [0.05, 0.1) is 0 Å². The topological polar surface area (TPSA) is 78.9 Å². The maximum Gasteiger partial charge on any atom is 0.306 e. The lowest BCUT2D eigenvalue weighted by Crippen LogP contribution is -2.30. The molecule has 0 rings (SSSR count). The summed E-state index contributed by atoms with van der Waals surface area (Å²) in [6.45, 7) is 6.58. The number of esters is 3. The number of rotatable bonds is 56. The van der Waals surface area contributed by atoms with E-state index in [1.165, 1.54) is 205 Å². The summed E-state index contributed by atoms with van der Waals surface area (Å²) >= 11 is 0. The predicted molar refractivity (Wildman–Crippen MR) is 302 cm³/mol. The van der Waals surface area contributed by atoms with Crippen molar-refractivity contribution in [3.05, 3.63) is 48.6 Å². The maximum atomic E-state index is 12.8. The van der Waals surface area contributed by atoms with Crippen LogP contribution in [0.4, 0.5) is 0 Å². The smallest absolute Gasteiger partial charge is 0.306 e. The second kappa shape index (κ2) is 58.9. The van der Waals surface area contributed by atoms with Crippen LogP contribution in [0.15, 0.2) is 48.6 Å². The lowest BCUT2D eigenvalue weighted by molar-refractivity contribution is -0.167. The second-order valence-corrected chi connectivity index (χ2v) is 20.6. The van der Waals surface area contributed by atoms with E-state index in [1.54, 1.807) is 0 Å². The molecule has 6 heteroatoms. The van der Waals surface area contributed by atoms with Crippen LogP contribution < -0.4 is 0 Å². The number of carbonyl (C=O) groups is 3. The molecule has 0 fully saturated rings. The van der Waals surface area contributed by atoms with Crippen molar-refractivity contribution in [2.75, 3.05) is 13.2 Å². The first-order chi connectivity index (χ1) is 34.5. The first kappa shape index (κ1) is 67.4. The molecule has 6 nitrogen and oxygen atoms in total. The van der Waals surface area contributed by atoms with Gasteiger partial charge in [0, 0.05) is 19.3 Å². The average molecular weight is 982 g/mol. The van der Waals surface area contributed by atoms with Crippen LogP contribution in [0.5, 0.6) is 0 Å². The van der Waals surface area contributed by atoms with Crippen LogP contribution >= 0.6 is 0 Å². The summed E-state index contributed by atoms with van der Waals surface area (Å²) in [5.41, 5.74) is 0. The third kappa shape index (κ3) is 56.3. The van der Waals surface area contributed by atoms with Gasteiger partial charge < -0.3 is 14.2 Å². The van der Waals surface area contributed by atoms with Gasteiger partial charge in [0.2, 0.25) is 0 Å². The van der Waals surface area contributed by atoms with Crippen molar-refractivity contribution in [3.8, 4) is 0 Å². The molecule has 0 radical (unpaired) electrons. The number of hydrogen-bond acceptors (Lipinski definition) is 6. The molecule has 0 heterocycles. The minimum Gasteiger partial charge on any atom is -0.462 e. The molecule has 0 spiro atoms. The Kier molecular flexibility index (Phi) is 56.7. The third-order valence-electron chi connectivity index (χ3n) is 13.6. The molecule has 70 heavy (non-hydrogen) atoms. The number of ether oxygens (including phenoxy) is 3. The Morgan fingerprint density at radius 1 is 0.286 bits per heavy atom. The minimum atomic E-state index is -0.771. The Morgan fingerprint density at radius 2 is 0.514 bits per heavy atom. The lowest BCUT2D eigenvalue weighted by atomic mass is 10.0. The molecule has 1 atom stereocenters. The van der Waals surface area contributed by atoms with Crippen molar-refractivity contribution < 1.29 is 28.6 Å². The van der Waals surface area contributed by atoms with Gasteiger partial charge in [-0.3, -0.25) is 14.4 Å². The van der Waals surface area contributed by atoms with Crippen LogP contribution in [0.2, 0.25) is 0 Å². The molecule has 0 aromatic heterocycles. The molecule has 0 N–H and O–H groups in total. The fourth-order valence-electron chi connectivity index (χ4n) is 8.92. The van der Waals surface area contributed by atoms with Crippen LogP contribution in [-0.4, -0.2) is 37.2 Å². The van der Waals surface area contributed by atoms with Gasteiger partial charge in [-0.15, -0.1) is 0 Å². The van der Waals surface area contributed by atoms with E-state index >= 15 is 0 Å². The summed E-state index contributed by atoms with van der Waals surface area (Å²) in [6.07, 6.45) is 73.0.